The number of amides is 2. The summed E-state index contributed by atoms with van der Waals surface area (Å²) in [6, 6.07) is -1.44. The fraction of sp³-hybridized carbons (Fsp3) is 0.583. The predicted molar refractivity (Wildman–Crippen MR) is 82.7 cm³/mol. The summed E-state index contributed by atoms with van der Waals surface area (Å²) >= 11 is 7.60. The number of aromatic nitrogens is 2. The lowest BCUT2D eigenvalue weighted by Crippen LogP contribution is -2.46. The zero-order valence-corrected chi connectivity index (χ0v) is 13.7. The number of aryl methyl sites for hydroxylation is 2. The van der Waals surface area contributed by atoms with Crippen LogP contribution in [0.3, 0.4) is 0 Å². The summed E-state index contributed by atoms with van der Waals surface area (Å²) in [4.78, 5) is 22.8. The maximum absolute atomic E-state index is 11.8. The van der Waals surface area contributed by atoms with E-state index in [0.717, 1.165) is 0 Å². The first kappa shape index (κ1) is 17.6. The van der Waals surface area contributed by atoms with Crippen molar-refractivity contribution in [2.45, 2.75) is 25.9 Å². The Morgan fingerprint density at radius 3 is 2.67 bits per heavy atom. The highest BCUT2D eigenvalue weighted by Gasteiger charge is 2.19. The van der Waals surface area contributed by atoms with E-state index in [1.54, 1.807) is 18.7 Å². The number of carboxylic acid groups (broad SMARTS) is 1. The molecule has 1 atom stereocenters. The molecule has 7 nitrogen and oxygen atoms in total. The molecule has 21 heavy (non-hydrogen) atoms. The van der Waals surface area contributed by atoms with Crippen LogP contribution in [0.15, 0.2) is 0 Å². The average molecular weight is 335 g/mol. The van der Waals surface area contributed by atoms with E-state index in [0.29, 0.717) is 28.6 Å². The number of hydrogen-bond donors (Lipinski definition) is 3. The lowest BCUT2D eigenvalue weighted by atomic mass is 10.2. The van der Waals surface area contributed by atoms with Crippen molar-refractivity contribution in [1.29, 1.82) is 0 Å². The fourth-order valence-electron chi connectivity index (χ4n) is 1.74. The molecule has 0 radical (unpaired) electrons. The van der Waals surface area contributed by atoms with Crippen LogP contribution in [0.5, 0.6) is 0 Å². The summed E-state index contributed by atoms with van der Waals surface area (Å²) in [5, 5.41) is 18.7. The van der Waals surface area contributed by atoms with Gasteiger partial charge in [-0.3, -0.25) is 4.68 Å². The van der Waals surface area contributed by atoms with Gasteiger partial charge in [0.1, 0.15) is 6.04 Å². The second-order valence-electron chi connectivity index (χ2n) is 4.47. The molecule has 0 saturated carbocycles. The minimum absolute atomic E-state index is 0.177. The number of halogens is 1. The van der Waals surface area contributed by atoms with Crippen LogP contribution in [0.1, 0.15) is 17.8 Å². The standard InChI is InChI=1S/C12H19ClN4O3S/c1-7-10(13)9(17(2)16-7)6-14-12(20)15-8(11(18)19)4-5-21-3/h8H,4-6H2,1-3H3,(H,18,19)(H2,14,15,20). The van der Waals surface area contributed by atoms with Gasteiger partial charge in [0.15, 0.2) is 0 Å². The Hall–Kier alpha value is -1.41. The molecule has 3 N–H and O–H groups in total. The summed E-state index contributed by atoms with van der Waals surface area (Å²) in [7, 11) is 1.73. The van der Waals surface area contributed by atoms with Gasteiger partial charge in [-0.15, -0.1) is 0 Å². The first-order valence-corrected chi connectivity index (χ1v) is 8.08. The minimum atomic E-state index is -1.05. The first-order valence-electron chi connectivity index (χ1n) is 6.30. The molecule has 1 heterocycles. The summed E-state index contributed by atoms with van der Waals surface area (Å²) < 4.78 is 1.58. The number of carbonyl (C=O) groups is 2. The number of aliphatic carboxylic acids is 1. The average Bonchev–Trinajstić information content (AvgIpc) is 2.66. The Labute approximate surface area is 132 Å². The Morgan fingerprint density at radius 2 is 2.19 bits per heavy atom. The van der Waals surface area contributed by atoms with Crippen molar-refractivity contribution >= 4 is 35.4 Å². The molecule has 1 rings (SSSR count). The molecule has 1 aromatic rings. The molecule has 0 aliphatic heterocycles. The summed E-state index contributed by atoms with van der Waals surface area (Å²) in [6.45, 7) is 1.95. The van der Waals surface area contributed by atoms with E-state index in [1.807, 2.05) is 6.26 Å². The van der Waals surface area contributed by atoms with E-state index < -0.39 is 18.0 Å². The van der Waals surface area contributed by atoms with Crippen molar-refractivity contribution in [3.05, 3.63) is 16.4 Å². The maximum Gasteiger partial charge on any atom is 0.326 e. The van der Waals surface area contributed by atoms with Crippen molar-refractivity contribution in [3.63, 3.8) is 0 Å². The number of rotatable bonds is 7. The highest BCUT2D eigenvalue weighted by atomic mass is 35.5. The summed E-state index contributed by atoms with van der Waals surface area (Å²) in [5.41, 5.74) is 1.35. The number of thioether (sulfide) groups is 1. The summed E-state index contributed by atoms with van der Waals surface area (Å²) in [5.74, 6) is -0.391. The smallest absolute Gasteiger partial charge is 0.326 e. The van der Waals surface area contributed by atoms with Crippen LogP contribution in [0.25, 0.3) is 0 Å². The molecule has 0 fully saturated rings. The van der Waals surface area contributed by atoms with Gasteiger partial charge in [-0.2, -0.15) is 16.9 Å². The van der Waals surface area contributed by atoms with Gasteiger partial charge >= 0.3 is 12.0 Å². The number of carboxylic acids is 1. The Kier molecular flexibility index (Phi) is 6.83. The third-order valence-electron chi connectivity index (χ3n) is 2.89. The van der Waals surface area contributed by atoms with Gasteiger partial charge in [-0.05, 0) is 25.4 Å². The van der Waals surface area contributed by atoms with Crippen LogP contribution in [0, 0.1) is 6.92 Å². The number of nitrogens with one attached hydrogen (secondary N) is 2. The SMILES string of the molecule is CSCCC(NC(=O)NCc1c(Cl)c(C)nn1C)C(=O)O. The molecule has 118 valence electrons. The maximum atomic E-state index is 11.8. The van der Waals surface area contributed by atoms with Crippen LogP contribution >= 0.6 is 23.4 Å². The third-order valence-corrected chi connectivity index (χ3v) is 4.03. The van der Waals surface area contributed by atoms with E-state index in [-0.39, 0.29) is 6.54 Å². The molecule has 0 aliphatic rings. The molecule has 0 aromatic carbocycles. The van der Waals surface area contributed by atoms with E-state index >= 15 is 0 Å². The van der Waals surface area contributed by atoms with Gasteiger partial charge in [0.05, 0.1) is 23.0 Å². The van der Waals surface area contributed by atoms with Gasteiger partial charge in [0.2, 0.25) is 0 Å². The molecular weight excluding hydrogens is 316 g/mol. The quantitative estimate of drug-likeness (QED) is 0.700. The number of hydrogen-bond acceptors (Lipinski definition) is 4. The van der Waals surface area contributed by atoms with Crippen LogP contribution in [-0.4, -0.2) is 44.9 Å². The number of carbonyl (C=O) groups excluding carboxylic acids is 1. The van der Waals surface area contributed by atoms with Crippen LogP contribution < -0.4 is 10.6 Å². The van der Waals surface area contributed by atoms with Gasteiger partial charge in [0.25, 0.3) is 0 Å². The van der Waals surface area contributed by atoms with Crippen LogP contribution in [-0.2, 0) is 18.4 Å². The van der Waals surface area contributed by atoms with E-state index in [9.17, 15) is 9.59 Å². The fourth-order valence-corrected chi connectivity index (χ4v) is 2.44. The van der Waals surface area contributed by atoms with Crippen molar-refractivity contribution in [2.24, 2.45) is 7.05 Å². The van der Waals surface area contributed by atoms with E-state index in [2.05, 4.69) is 15.7 Å². The third kappa shape index (κ3) is 5.13. The molecular formula is C12H19ClN4O3S. The lowest BCUT2D eigenvalue weighted by molar-refractivity contribution is -0.139. The second kappa shape index (κ2) is 8.14. The molecule has 0 aliphatic carbocycles. The molecule has 0 spiro atoms. The first-order chi connectivity index (χ1) is 9.86. The number of nitrogens with zero attached hydrogens (tertiary/aromatic N) is 2. The van der Waals surface area contributed by atoms with Gasteiger partial charge in [-0.1, -0.05) is 11.6 Å². The highest BCUT2D eigenvalue weighted by molar-refractivity contribution is 7.98. The molecule has 1 aromatic heterocycles. The highest BCUT2D eigenvalue weighted by Crippen LogP contribution is 2.18. The van der Waals surface area contributed by atoms with Gasteiger partial charge in [0, 0.05) is 7.05 Å². The topological polar surface area (TPSA) is 96.3 Å². The Morgan fingerprint density at radius 1 is 1.52 bits per heavy atom. The lowest BCUT2D eigenvalue weighted by Gasteiger charge is -2.14. The van der Waals surface area contributed by atoms with Crippen molar-refractivity contribution < 1.29 is 14.7 Å². The molecule has 9 heteroatoms. The van der Waals surface area contributed by atoms with Gasteiger partial charge < -0.3 is 15.7 Å². The van der Waals surface area contributed by atoms with Crippen LogP contribution in [0.4, 0.5) is 4.79 Å². The molecule has 2 amide bonds. The van der Waals surface area contributed by atoms with Crippen molar-refractivity contribution in [3.8, 4) is 0 Å². The van der Waals surface area contributed by atoms with Gasteiger partial charge in [-0.25, -0.2) is 9.59 Å². The molecule has 1 unspecified atom stereocenters. The van der Waals surface area contributed by atoms with Crippen LogP contribution in [0.2, 0.25) is 5.02 Å². The predicted octanol–water partition coefficient (Wildman–Crippen LogP) is 1.39. The second-order valence-corrected chi connectivity index (χ2v) is 5.83. The molecule has 0 saturated heterocycles. The Bertz CT molecular complexity index is 521. The van der Waals surface area contributed by atoms with E-state index in [1.165, 1.54) is 11.8 Å². The zero-order chi connectivity index (χ0) is 16.0. The zero-order valence-electron chi connectivity index (χ0n) is 12.1. The Balaban J connectivity index is 2.54. The minimum Gasteiger partial charge on any atom is -0.480 e. The monoisotopic (exact) mass is 334 g/mol. The van der Waals surface area contributed by atoms with Crippen molar-refractivity contribution in [2.75, 3.05) is 12.0 Å². The number of urea groups is 1. The normalized spacial score (nSPS) is 12.0. The largest absolute Gasteiger partial charge is 0.480 e. The summed E-state index contributed by atoms with van der Waals surface area (Å²) in [6.07, 6.45) is 2.25. The van der Waals surface area contributed by atoms with Crippen molar-refractivity contribution in [1.82, 2.24) is 20.4 Å². The van der Waals surface area contributed by atoms with E-state index in [4.69, 9.17) is 16.7 Å². The molecule has 0 bridgehead atoms.